The monoisotopic (exact) mass is 204 g/mol. The summed E-state index contributed by atoms with van der Waals surface area (Å²) in [5.74, 6) is -0.527. The zero-order chi connectivity index (χ0) is 11.3. The van der Waals surface area contributed by atoms with Crippen LogP contribution in [0.2, 0.25) is 0 Å². The largest absolute Gasteiger partial charge is 0.286 e. The van der Waals surface area contributed by atoms with E-state index in [1.807, 2.05) is 0 Å². The lowest BCUT2D eigenvalue weighted by Gasteiger charge is -2.10. The van der Waals surface area contributed by atoms with E-state index in [0.717, 1.165) is 0 Å². The van der Waals surface area contributed by atoms with Crippen LogP contribution >= 0.6 is 0 Å². The van der Waals surface area contributed by atoms with Crippen LogP contribution in [-0.4, -0.2) is 29.5 Å². The number of hydroxylamine groups is 2. The second kappa shape index (κ2) is 5.07. The first-order chi connectivity index (χ1) is 7.16. The Balaban J connectivity index is 3.11. The van der Waals surface area contributed by atoms with Gasteiger partial charge in [0.05, 0.1) is 0 Å². The lowest BCUT2D eigenvalue weighted by Crippen LogP contribution is -2.23. The Kier molecular flexibility index (Phi) is 3.76. The Morgan fingerprint density at radius 1 is 1.47 bits per heavy atom. The molecule has 0 spiro atoms. The molecule has 15 heavy (non-hydrogen) atoms. The highest BCUT2D eigenvalue weighted by molar-refractivity contribution is 5.97. The van der Waals surface area contributed by atoms with Crippen LogP contribution in [0, 0.1) is 0 Å². The third-order valence-corrected chi connectivity index (χ3v) is 1.82. The van der Waals surface area contributed by atoms with E-state index < -0.39 is 5.91 Å². The van der Waals surface area contributed by atoms with Gasteiger partial charge in [-0.15, -0.1) is 0 Å². The van der Waals surface area contributed by atoms with Gasteiger partial charge < -0.3 is 0 Å². The van der Waals surface area contributed by atoms with Crippen LogP contribution in [0.4, 0.5) is 0 Å². The molecule has 0 atom stereocenters. The van der Waals surface area contributed by atoms with Gasteiger partial charge in [-0.25, -0.2) is 5.06 Å². The highest BCUT2D eigenvalue weighted by Gasteiger charge is 2.11. The summed E-state index contributed by atoms with van der Waals surface area (Å²) in [5, 5.41) is 9.50. The first-order valence-electron chi connectivity index (χ1n) is 4.27. The number of hydrogen-bond acceptors (Lipinski definition) is 3. The molecule has 0 saturated carbocycles. The molecular formula is C11H10NO3. The highest BCUT2D eigenvalue weighted by atomic mass is 16.5. The molecule has 0 unspecified atom stereocenters. The SMILES string of the molecule is CN(O)C(=O)c1ccccc1C=C[C]=O. The summed E-state index contributed by atoms with van der Waals surface area (Å²) < 4.78 is 0. The Bertz CT molecular complexity index is 397. The summed E-state index contributed by atoms with van der Waals surface area (Å²) in [4.78, 5) is 21.5. The number of rotatable bonds is 3. The Hall–Kier alpha value is -1.94. The van der Waals surface area contributed by atoms with Gasteiger partial charge in [0.2, 0.25) is 6.29 Å². The van der Waals surface area contributed by atoms with Gasteiger partial charge in [0.1, 0.15) is 0 Å². The van der Waals surface area contributed by atoms with E-state index in [1.165, 1.54) is 19.2 Å². The quantitative estimate of drug-likeness (QED) is 0.458. The predicted octanol–water partition coefficient (Wildman–Crippen LogP) is 1.27. The van der Waals surface area contributed by atoms with Crippen LogP contribution in [0.25, 0.3) is 6.08 Å². The summed E-state index contributed by atoms with van der Waals surface area (Å²) in [6, 6.07) is 6.65. The molecule has 77 valence electrons. The number of nitrogens with zero attached hydrogens (tertiary/aromatic N) is 1. The van der Waals surface area contributed by atoms with Gasteiger partial charge in [-0.05, 0) is 17.7 Å². The van der Waals surface area contributed by atoms with Gasteiger partial charge >= 0.3 is 0 Å². The number of carbonyl (C=O) groups excluding carboxylic acids is 2. The van der Waals surface area contributed by atoms with E-state index in [9.17, 15) is 9.59 Å². The molecule has 0 fully saturated rings. The van der Waals surface area contributed by atoms with Crippen molar-refractivity contribution in [1.82, 2.24) is 5.06 Å². The second-order valence-electron chi connectivity index (χ2n) is 2.87. The first kappa shape index (κ1) is 11.1. The first-order valence-corrected chi connectivity index (χ1v) is 4.27. The summed E-state index contributed by atoms with van der Waals surface area (Å²) in [7, 11) is 1.24. The topological polar surface area (TPSA) is 57.6 Å². The van der Waals surface area contributed by atoms with Crippen molar-refractivity contribution in [2.75, 3.05) is 7.05 Å². The van der Waals surface area contributed by atoms with Gasteiger partial charge in [-0.3, -0.25) is 14.8 Å². The van der Waals surface area contributed by atoms with E-state index in [1.54, 1.807) is 30.6 Å². The fourth-order valence-corrected chi connectivity index (χ4v) is 1.14. The van der Waals surface area contributed by atoms with E-state index in [-0.39, 0.29) is 0 Å². The van der Waals surface area contributed by atoms with E-state index in [0.29, 0.717) is 16.2 Å². The molecule has 1 aromatic carbocycles. The molecule has 0 aliphatic carbocycles. The minimum atomic E-state index is -0.527. The standard InChI is InChI=1S/C11H10NO3/c1-12(15)11(14)10-7-3-2-5-9(10)6-4-8-13/h2-7,15H,1H3. The molecule has 1 N–H and O–H groups in total. The summed E-state index contributed by atoms with van der Waals surface area (Å²) in [6.07, 6.45) is 4.23. The summed E-state index contributed by atoms with van der Waals surface area (Å²) in [6.45, 7) is 0. The van der Waals surface area contributed by atoms with E-state index >= 15 is 0 Å². The smallest absolute Gasteiger partial charge is 0.277 e. The van der Waals surface area contributed by atoms with Gasteiger partial charge in [0, 0.05) is 12.6 Å². The molecule has 0 saturated heterocycles. The average Bonchev–Trinajstić information content (AvgIpc) is 2.25. The zero-order valence-electron chi connectivity index (χ0n) is 8.18. The Morgan fingerprint density at radius 3 is 2.73 bits per heavy atom. The fourth-order valence-electron chi connectivity index (χ4n) is 1.14. The van der Waals surface area contributed by atoms with Crippen LogP contribution in [0.3, 0.4) is 0 Å². The molecule has 0 bridgehead atoms. The molecule has 0 aliphatic rings. The minimum absolute atomic E-state index is 0.328. The number of carbonyl (C=O) groups is 1. The Morgan fingerprint density at radius 2 is 2.13 bits per heavy atom. The van der Waals surface area contributed by atoms with Gasteiger partial charge in [-0.1, -0.05) is 24.3 Å². The maximum atomic E-state index is 11.5. The lowest BCUT2D eigenvalue weighted by atomic mass is 10.1. The van der Waals surface area contributed by atoms with Crippen LogP contribution in [0.5, 0.6) is 0 Å². The highest BCUT2D eigenvalue weighted by Crippen LogP contribution is 2.11. The molecular weight excluding hydrogens is 194 g/mol. The van der Waals surface area contributed by atoms with Crippen molar-refractivity contribution in [3.05, 3.63) is 41.5 Å². The molecule has 0 aliphatic heterocycles. The van der Waals surface area contributed by atoms with Crippen LogP contribution in [-0.2, 0) is 4.79 Å². The molecule has 1 radical (unpaired) electrons. The van der Waals surface area contributed by atoms with Crippen molar-refractivity contribution < 1.29 is 14.8 Å². The Labute approximate surface area is 87.4 Å². The molecule has 1 rings (SSSR count). The normalized spacial score (nSPS) is 10.3. The third kappa shape index (κ3) is 2.75. The van der Waals surface area contributed by atoms with Crippen molar-refractivity contribution >= 4 is 18.3 Å². The lowest BCUT2D eigenvalue weighted by molar-refractivity contribution is -0.0375. The van der Waals surface area contributed by atoms with Crippen molar-refractivity contribution in [2.24, 2.45) is 0 Å². The van der Waals surface area contributed by atoms with Gasteiger partial charge in [-0.2, -0.15) is 0 Å². The van der Waals surface area contributed by atoms with E-state index in [4.69, 9.17) is 5.21 Å². The second-order valence-corrected chi connectivity index (χ2v) is 2.87. The zero-order valence-corrected chi connectivity index (χ0v) is 8.18. The fraction of sp³-hybridized carbons (Fsp3) is 0.0909. The van der Waals surface area contributed by atoms with Crippen LogP contribution in [0.1, 0.15) is 15.9 Å². The van der Waals surface area contributed by atoms with Crippen molar-refractivity contribution in [3.63, 3.8) is 0 Å². The third-order valence-electron chi connectivity index (χ3n) is 1.82. The summed E-state index contributed by atoms with van der Waals surface area (Å²) in [5.41, 5.74) is 0.890. The van der Waals surface area contributed by atoms with E-state index in [2.05, 4.69) is 0 Å². The van der Waals surface area contributed by atoms with Crippen molar-refractivity contribution in [3.8, 4) is 0 Å². The molecule has 1 aromatic rings. The average molecular weight is 204 g/mol. The number of allylic oxidation sites excluding steroid dienone is 1. The molecule has 1 amide bonds. The number of benzene rings is 1. The number of hydrogen-bond donors (Lipinski definition) is 1. The summed E-state index contributed by atoms with van der Waals surface area (Å²) >= 11 is 0. The predicted molar refractivity (Wildman–Crippen MR) is 55.0 cm³/mol. The van der Waals surface area contributed by atoms with Crippen molar-refractivity contribution in [2.45, 2.75) is 0 Å². The molecule has 4 heteroatoms. The van der Waals surface area contributed by atoms with Crippen LogP contribution < -0.4 is 0 Å². The molecule has 0 heterocycles. The van der Waals surface area contributed by atoms with Gasteiger partial charge in [0.25, 0.3) is 5.91 Å². The number of amides is 1. The van der Waals surface area contributed by atoms with Crippen molar-refractivity contribution in [1.29, 1.82) is 0 Å². The van der Waals surface area contributed by atoms with Crippen LogP contribution in [0.15, 0.2) is 30.3 Å². The maximum absolute atomic E-state index is 11.5. The molecule has 0 aromatic heterocycles. The molecule has 4 nitrogen and oxygen atoms in total. The minimum Gasteiger partial charge on any atom is -0.286 e. The van der Waals surface area contributed by atoms with Gasteiger partial charge in [0.15, 0.2) is 0 Å². The maximum Gasteiger partial charge on any atom is 0.277 e.